The van der Waals surface area contributed by atoms with Gasteiger partial charge in [0.1, 0.15) is 0 Å². The van der Waals surface area contributed by atoms with Crippen molar-refractivity contribution in [3.63, 3.8) is 0 Å². The van der Waals surface area contributed by atoms with E-state index in [2.05, 4.69) is 194 Å². The summed E-state index contributed by atoms with van der Waals surface area (Å²) < 4.78 is 5.40. The smallest absolute Gasteiger partial charge is 0.0434 e. The summed E-state index contributed by atoms with van der Waals surface area (Å²) in [5.41, 5.74) is 7.62. The SMILES string of the molecule is c1ccc2c(-c3c4ccccc4c(-c4ccc(-c5ccc6sc7c(ccc8c7ccc7sc9ccccc9c78)c6c5)c5ccccc45)c4ccccc34)cccc2c1. The van der Waals surface area contributed by atoms with Crippen molar-refractivity contribution >= 4 is 117 Å². The molecule has 0 aliphatic carbocycles. The van der Waals surface area contributed by atoms with Crippen LogP contribution >= 0.6 is 22.7 Å². The minimum Gasteiger partial charge on any atom is -0.135 e. The molecule has 0 atom stereocenters. The van der Waals surface area contributed by atoms with Gasteiger partial charge in [-0.25, -0.2) is 0 Å². The van der Waals surface area contributed by atoms with Crippen molar-refractivity contribution in [1.82, 2.24) is 0 Å². The number of benzene rings is 11. The molecule has 0 radical (unpaired) electrons. The molecule has 0 aliphatic rings. The molecular formula is C56H32S2. The summed E-state index contributed by atoms with van der Waals surface area (Å²) >= 11 is 3.81. The van der Waals surface area contributed by atoms with E-state index in [0.717, 1.165) is 0 Å². The standard InChI is InChI=1S/C56H32S2/c1-2-14-35-33(12-1)13-11-22-39(35)53-40-17-5-7-19-42(40)54(43-20-8-6-18-41(43)53)44-26-25-36(37-15-3-4-16-38(37)44)34-24-30-51-49(32-34)47-28-27-45-46(56(47)58-51)29-31-52-55(45)48-21-9-10-23-50(48)57-52/h1-32H. The van der Waals surface area contributed by atoms with Crippen LogP contribution in [-0.4, -0.2) is 0 Å². The lowest BCUT2D eigenvalue weighted by Gasteiger charge is -2.20. The van der Waals surface area contributed by atoms with Crippen LogP contribution in [-0.2, 0) is 0 Å². The van der Waals surface area contributed by atoms with Gasteiger partial charge in [-0.1, -0.05) is 170 Å². The van der Waals surface area contributed by atoms with Gasteiger partial charge in [0, 0.05) is 45.7 Å². The first kappa shape index (κ1) is 32.3. The largest absolute Gasteiger partial charge is 0.135 e. The molecule has 58 heavy (non-hydrogen) atoms. The summed E-state index contributed by atoms with van der Waals surface area (Å²) in [6, 6.07) is 72.6. The topological polar surface area (TPSA) is 0 Å². The van der Waals surface area contributed by atoms with Gasteiger partial charge >= 0.3 is 0 Å². The normalized spacial score (nSPS) is 12.1. The van der Waals surface area contributed by atoms with Gasteiger partial charge in [0.15, 0.2) is 0 Å². The summed E-state index contributed by atoms with van der Waals surface area (Å²) in [7, 11) is 0. The minimum atomic E-state index is 1.25. The first-order valence-electron chi connectivity index (χ1n) is 19.9. The van der Waals surface area contributed by atoms with Gasteiger partial charge < -0.3 is 0 Å². The maximum absolute atomic E-state index is 2.43. The second-order valence-corrected chi connectivity index (χ2v) is 17.6. The van der Waals surface area contributed by atoms with Crippen LogP contribution in [0.25, 0.3) is 128 Å². The van der Waals surface area contributed by atoms with Crippen LogP contribution in [0.2, 0.25) is 0 Å². The van der Waals surface area contributed by atoms with Gasteiger partial charge in [-0.05, 0) is 106 Å². The zero-order valence-electron chi connectivity index (χ0n) is 31.3. The Labute approximate surface area is 342 Å². The average molecular weight is 769 g/mol. The van der Waals surface area contributed by atoms with Crippen molar-refractivity contribution in [1.29, 1.82) is 0 Å². The highest BCUT2D eigenvalue weighted by atomic mass is 32.1. The van der Waals surface area contributed by atoms with Crippen molar-refractivity contribution in [3.05, 3.63) is 194 Å². The number of hydrogen-bond acceptors (Lipinski definition) is 2. The van der Waals surface area contributed by atoms with Crippen molar-refractivity contribution in [2.75, 3.05) is 0 Å². The maximum atomic E-state index is 2.43. The van der Waals surface area contributed by atoms with Crippen molar-refractivity contribution in [3.8, 4) is 33.4 Å². The molecule has 268 valence electrons. The molecule has 2 heteroatoms. The van der Waals surface area contributed by atoms with Crippen LogP contribution in [0, 0.1) is 0 Å². The highest BCUT2D eigenvalue weighted by molar-refractivity contribution is 7.27. The zero-order chi connectivity index (χ0) is 37.9. The van der Waals surface area contributed by atoms with Crippen molar-refractivity contribution < 1.29 is 0 Å². The van der Waals surface area contributed by atoms with Gasteiger partial charge in [0.25, 0.3) is 0 Å². The third kappa shape index (κ3) is 4.56. The maximum Gasteiger partial charge on any atom is 0.0434 e. The second-order valence-electron chi connectivity index (χ2n) is 15.5. The van der Waals surface area contributed by atoms with E-state index < -0.39 is 0 Å². The summed E-state index contributed by atoms with van der Waals surface area (Å²) in [5, 5.41) is 18.2. The Morgan fingerprint density at radius 3 is 1.50 bits per heavy atom. The fourth-order valence-corrected chi connectivity index (χ4v) is 12.3. The van der Waals surface area contributed by atoms with E-state index >= 15 is 0 Å². The molecular weight excluding hydrogens is 737 g/mol. The Hall–Kier alpha value is -6.84. The highest BCUT2D eigenvalue weighted by Crippen LogP contribution is 2.49. The molecule has 2 aromatic heterocycles. The van der Waals surface area contributed by atoms with Gasteiger partial charge in [0.2, 0.25) is 0 Å². The third-order valence-corrected chi connectivity index (χ3v) is 14.8. The first-order valence-corrected chi connectivity index (χ1v) is 21.6. The van der Waals surface area contributed by atoms with E-state index in [9.17, 15) is 0 Å². The van der Waals surface area contributed by atoms with Gasteiger partial charge in [-0.15, -0.1) is 22.7 Å². The summed E-state index contributed by atoms with van der Waals surface area (Å²) in [4.78, 5) is 0. The molecule has 2 heterocycles. The quantitative estimate of drug-likeness (QED) is 0.157. The van der Waals surface area contributed by atoms with Crippen molar-refractivity contribution in [2.45, 2.75) is 0 Å². The molecule has 0 saturated carbocycles. The lowest BCUT2D eigenvalue weighted by molar-refractivity contribution is 1.67. The Morgan fingerprint density at radius 1 is 0.259 bits per heavy atom. The summed E-state index contributed by atoms with van der Waals surface area (Å²) in [5.74, 6) is 0. The van der Waals surface area contributed by atoms with E-state index in [1.165, 1.54) is 128 Å². The van der Waals surface area contributed by atoms with Gasteiger partial charge in [-0.3, -0.25) is 0 Å². The third-order valence-electron chi connectivity index (χ3n) is 12.5. The van der Waals surface area contributed by atoms with Gasteiger partial charge in [0.05, 0.1) is 0 Å². The molecule has 0 fully saturated rings. The van der Waals surface area contributed by atoms with Crippen LogP contribution in [0.3, 0.4) is 0 Å². The van der Waals surface area contributed by atoms with Crippen LogP contribution in [0.15, 0.2) is 194 Å². The Kier molecular flexibility index (Phi) is 6.86. The fourth-order valence-electron chi connectivity index (χ4n) is 9.95. The lowest BCUT2D eigenvalue weighted by Crippen LogP contribution is -1.93. The zero-order valence-corrected chi connectivity index (χ0v) is 32.9. The predicted molar refractivity (Wildman–Crippen MR) is 256 cm³/mol. The molecule has 0 nitrogen and oxygen atoms in total. The number of hydrogen-bond donors (Lipinski definition) is 0. The van der Waals surface area contributed by atoms with Crippen molar-refractivity contribution in [2.24, 2.45) is 0 Å². The highest BCUT2D eigenvalue weighted by Gasteiger charge is 2.21. The number of rotatable bonds is 3. The summed E-state index contributed by atoms with van der Waals surface area (Å²) in [6.45, 7) is 0. The predicted octanol–water partition coefficient (Wildman–Crippen LogP) is 17.2. The van der Waals surface area contributed by atoms with E-state index in [1.54, 1.807) is 0 Å². The molecule has 0 aliphatic heterocycles. The van der Waals surface area contributed by atoms with E-state index in [4.69, 9.17) is 0 Å². The Balaban J connectivity index is 1.02. The number of thiophene rings is 2. The molecule has 0 spiro atoms. The van der Waals surface area contributed by atoms with Crippen LogP contribution < -0.4 is 0 Å². The molecule has 0 unspecified atom stereocenters. The lowest BCUT2D eigenvalue weighted by atomic mass is 9.83. The van der Waals surface area contributed by atoms with E-state index in [-0.39, 0.29) is 0 Å². The molecule has 0 amide bonds. The van der Waals surface area contributed by atoms with Crippen LogP contribution in [0.4, 0.5) is 0 Å². The fraction of sp³-hybridized carbons (Fsp3) is 0. The second kappa shape index (κ2) is 12.3. The summed E-state index contributed by atoms with van der Waals surface area (Å²) in [6.07, 6.45) is 0. The molecule has 11 aromatic carbocycles. The molecule has 13 rings (SSSR count). The minimum absolute atomic E-state index is 1.25. The van der Waals surface area contributed by atoms with E-state index in [1.807, 2.05) is 22.7 Å². The molecule has 13 aromatic rings. The van der Waals surface area contributed by atoms with Gasteiger partial charge in [-0.2, -0.15) is 0 Å². The first-order chi connectivity index (χ1) is 28.8. The molecule has 0 bridgehead atoms. The van der Waals surface area contributed by atoms with E-state index in [0.29, 0.717) is 0 Å². The van der Waals surface area contributed by atoms with Crippen LogP contribution in [0.1, 0.15) is 0 Å². The monoisotopic (exact) mass is 768 g/mol. The number of fused-ring (bicyclic) bond motifs is 13. The molecule has 0 N–H and O–H groups in total. The Bertz CT molecular complexity index is 3800. The van der Waals surface area contributed by atoms with Crippen LogP contribution in [0.5, 0.6) is 0 Å². The Morgan fingerprint density at radius 2 is 0.759 bits per heavy atom. The molecule has 0 saturated heterocycles. The average Bonchev–Trinajstić information content (AvgIpc) is 3.86.